The Morgan fingerprint density at radius 2 is 1.06 bits per heavy atom. The number of thioether (sulfide) groups is 1. The van der Waals surface area contributed by atoms with Gasteiger partial charge in [-0.05, 0) is 12.8 Å². The molecule has 0 saturated heterocycles. The zero-order valence-electron chi connectivity index (χ0n) is 32.6. The Morgan fingerprint density at radius 1 is 0.608 bits per heavy atom. The van der Waals surface area contributed by atoms with Crippen LogP contribution in [0.25, 0.3) is 0 Å². The first-order chi connectivity index (χ1) is 25.0. The largest absolute Gasteiger partial charge is 0.694 e. The first-order valence-corrected chi connectivity index (χ1v) is 22.6. The zero-order valence-corrected chi connectivity index (χ0v) is 34.3. The van der Waals surface area contributed by atoms with Crippen LogP contribution in [-0.4, -0.2) is 107 Å². The summed E-state index contributed by atoms with van der Waals surface area (Å²) in [5.74, 6) is 1.08. The van der Waals surface area contributed by atoms with Crippen molar-refractivity contribution in [3.05, 3.63) is 0 Å². The quantitative estimate of drug-likeness (QED) is 0.0408. The number of hydrogen-bond donors (Lipinski definition) is 3. The summed E-state index contributed by atoms with van der Waals surface area (Å²) in [5.41, 5.74) is 6.18. The third-order valence-corrected chi connectivity index (χ3v) is 10.1. The van der Waals surface area contributed by atoms with Crippen LogP contribution in [0.4, 0.5) is 0 Å². The molecule has 0 rings (SSSR count). The van der Waals surface area contributed by atoms with Crippen LogP contribution in [0.15, 0.2) is 0 Å². The van der Waals surface area contributed by atoms with Gasteiger partial charge in [0, 0.05) is 35.8 Å². The molecule has 0 aromatic heterocycles. The third-order valence-electron chi connectivity index (χ3n) is 8.45. The van der Waals surface area contributed by atoms with Crippen molar-refractivity contribution in [1.29, 1.82) is 0 Å². The number of ether oxygens (including phenoxy) is 5. The summed E-state index contributed by atoms with van der Waals surface area (Å²) in [5, 5.41) is 2.84. The minimum atomic E-state index is -2.59. The lowest BCUT2D eigenvalue weighted by Gasteiger charge is -2.19. The van der Waals surface area contributed by atoms with Crippen LogP contribution >= 0.6 is 20.0 Å². The van der Waals surface area contributed by atoms with Crippen LogP contribution in [0.3, 0.4) is 0 Å². The molecule has 1 unspecified atom stereocenters. The fraction of sp³-hybridized carbons (Fsp3) is 0.974. The molecule has 4 N–H and O–H groups in total. The standard InChI is InChI=1S/C38H77N2O9PS/c1-3-5-7-9-11-13-15-17-19-21-24-47-33-36(48-25-22-20-18-16-14-12-10-8-6-4-2)34-51-35-37(39)38(41)40-23-26-44-27-28-45-29-30-46-31-32-49-50(42)43/h36-37H,3-35,39H2,1-2H3,(H-,40,41,42,43)/p+1/t36-,37+/m1/s1. The van der Waals surface area contributed by atoms with Crippen LogP contribution in [0, 0.1) is 0 Å². The van der Waals surface area contributed by atoms with Crippen LogP contribution in [-0.2, 0) is 37.6 Å². The Kier molecular flexibility index (Phi) is 42.0. The van der Waals surface area contributed by atoms with Crippen molar-refractivity contribution >= 4 is 25.9 Å². The monoisotopic (exact) mass is 770 g/mol. The van der Waals surface area contributed by atoms with E-state index in [1.807, 2.05) is 0 Å². The van der Waals surface area contributed by atoms with Crippen molar-refractivity contribution in [1.82, 2.24) is 5.32 Å². The summed E-state index contributed by atoms with van der Waals surface area (Å²) in [6, 6.07) is -0.600. The molecule has 0 radical (unpaired) electrons. The number of nitrogens with one attached hydrogen (secondary N) is 1. The van der Waals surface area contributed by atoms with Gasteiger partial charge in [-0.1, -0.05) is 129 Å². The molecule has 0 bridgehead atoms. The van der Waals surface area contributed by atoms with E-state index >= 15 is 0 Å². The number of nitrogens with two attached hydrogens (primary N) is 1. The lowest BCUT2D eigenvalue weighted by molar-refractivity contribution is -0.122. The highest BCUT2D eigenvalue weighted by molar-refractivity contribution is 7.99. The molecule has 0 fully saturated rings. The van der Waals surface area contributed by atoms with Gasteiger partial charge in [-0.15, -0.1) is 9.42 Å². The predicted octanol–water partition coefficient (Wildman–Crippen LogP) is 8.12. The van der Waals surface area contributed by atoms with Gasteiger partial charge in [-0.25, -0.2) is 0 Å². The van der Waals surface area contributed by atoms with Gasteiger partial charge in [0.1, 0.15) is 6.61 Å². The summed E-state index contributed by atoms with van der Waals surface area (Å²) < 4.78 is 43.3. The molecule has 0 aromatic carbocycles. The van der Waals surface area contributed by atoms with Gasteiger partial charge >= 0.3 is 8.25 Å². The second-order valence-corrected chi connectivity index (χ2v) is 15.1. The van der Waals surface area contributed by atoms with Gasteiger partial charge in [-0.3, -0.25) is 4.79 Å². The molecule has 0 aliphatic rings. The maximum atomic E-state index is 12.5. The average Bonchev–Trinajstić information content (AvgIpc) is 3.12. The lowest BCUT2D eigenvalue weighted by Crippen LogP contribution is -2.43. The van der Waals surface area contributed by atoms with E-state index in [-0.39, 0.29) is 25.2 Å². The van der Waals surface area contributed by atoms with Gasteiger partial charge in [-0.2, -0.15) is 11.8 Å². The fourth-order valence-electron chi connectivity index (χ4n) is 5.39. The Morgan fingerprint density at radius 3 is 1.57 bits per heavy atom. The molecule has 13 heteroatoms. The SMILES string of the molecule is CCCCCCCCCCCCOC[C@H](CSC[C@H](N)C(=O)NCCOCCOCCOCCO[P+](=O)O)OCCCCCCCCCCCC. The van der Waals surface area contributed by atoms with Gasteiger partial charge in [0.25, 0.3) is 0 Å². The molecule has 0 spiro atoms. The number of amides is 1. The van der Waals surface area contributed by atoms with Crippen molar-refractivity contribution in [2.45, 2.75) is 154 Å². The first-order valence-electron chi connectivity index (χ1n) is 20.3. The Hall–Kier alpha value is -0.400. The van der Waals surface area contributed by atoms with Crippen molar-refractivity contribution in [2.24, 2.45) is 5.73 Å². The van der Waals surface area contributed by atoms with E-state index in [9.17, 15) is 9.36 Å². The van der Waals surface area contributed by atoms with E-state index in [1.165, 1.54) is 116 Å². The second kappa shape index (κ2) is 42.3. The zero-order chi connectivity index (χ0) is 37.3. The second-order valence-electron chi connectivity index (χ2n) is 13.3. The fourth-order valence-corrected chi connectivity index (χ4v) is 6.61. The molecule has 0 aromatic rings. The summed E-state index contributed by atoms with van der Waals surface area (Å²) in [4.78, 5) is 21.0. The molecule has 3 atom stereocenters. The van der Waals surface area contributed by atoms with Crippen molar-refractivity contribution < 1.29 is 42.5 Å². The van der Waals surface area contributed by atoms with Crippen LogP contribution in [0.1, 0.15) is 142 Å². The number of rotatable bonds is 43. The van der Waals surface area contributed by atoms with Crippen molar-refractivity contribution in [3.8, 4) is 0 Å². The maximum Gasteiger partial charge on any atom is 0.694 e. The highest BCUT2D eigenvalue weighted by atomic mass is 32.2. The molecule has 0 saturated carbocycles. The summed E-state index contributed by atoms with van der Waals surface area (Å²) in [6.45, 7) is 9.21. The highest BCUT2D eigenvalue weighted by Gasteiger charge is 2.16. The minimum Gasteiger partial charge on any atom is -0.379 e. The molecule has 11 nitrogen and oxygen atoms in total. The normalized spacial score (nSPS) is 13.1. The van der Waals surface area contributed by atoms with Crippen LogP contribution in [0.2, 0.25) is 0 Å². The van der Waals surface area contributed by atoms with E-state index in [1.54, 1.807) is 11.8 Å². The molecular formula is C38H78N2O9PS+. The molecule has 1 amide bonds. The predicted molar refractivity (Wildman–Crippen MR) is 211 cm³/mol. The van der Waals surface area contributed by atoms with Gasteiger partial charge in [0.2, 0.25) is 5.91 Å². The van der Waals surface area contributed by atoms with Crippen LogP contribution < -0.4 is 11.1 Å². The average molecular weight is 770 g/mol. The van der Waals surface area contributed by atoms with Gasteiger partial charge < -0.3 is 34.7 Å². The summed E-state index contributed by atoms with van der Waals surface area (Å²) in [6.07, 6.45) is 26.2. The number of carbonyl (C=O) groups is 1. The summed E-state index contributed by atoms with van der Waals surface area (Å²) in [7, 11) is -2.59. The number of unbranched alkanes of at least 4 members (excludes halogenated alkanes) is 18. The molecule has 304 valence electrons. The first kappa shape index (κ1) is 50.6. The van der Waals surface area contributed by atoms with Gasteiger partial charge in [0.05, 0.1) is 58.4 Å². The molecule has 0 aliphatic heterocycles. The van der Waals surface area contributed by atoms with E-state index in [4.69, 9.17) is 34.3 Å². The number of hydrogen-bond acceptors (Lipinski definition) is 10. The smallest absolute Gasteiger partial charge is 0.379 e. The Bertz CT molecular complexity index is 745. The van der Waals surface area contributed by atoms with E-state index in [0.717, 1.165) is 31.8 Å². The van der Waals surface area contributed by atoms with Crippen LogP contribution in [0.5, 0.6) is 0 Å². The summed E-state index contributed by atoms with van der Waals surface area (Å²) >= 11 is 1.65. The third kappa shape index (κ3) is 40.6. The lowest BCUT2D eigenvalue weighted by atomic mass is 10.1. The molecule has 51 heavy (non-hydrogen) atoms. The van der Waals surface area contributed by atoms with Crippen molar-refractivity contribution in [2.75, 3.05) is 84.1 Å². The maximum absolute atomic E-state index is 12.5. The molecular weight excluding hydrogens is 691 g/mol. The minimum absolute atomic E-state index is 0.00156. The molecule has 0 heterocycles. The van der Waals surface area contributed by atoms with Crippen molar-refractivity contribution in [3.63, 3.8) is 0 Å². The Labute approximate surface area is 317 Å². The number of carbonyl (C=O) groups excluding carboxylic acids is 1. The molecule has 0 aliphatic carbocycles. The van der Waals surface area contributed by atoms with E-state index in [2.05, 4.69) is 23.7 Å². The Balaban J connectivity index is 4.11. The van der Waals surface area contributed by atoms with E-state index < -0.39 is 14.3 Å². The van der Waals surface area contributed by atoms with E-state index in [0.29, 0.717) is 51.9 Å². The topological polar surface area (TPSA) is 148 Å². The van der Waals surface area contributed by atoms with Gasteiger partial charge in [0.15, 0.2) is 0 Å². The highest BCUT2D eigenvalue weighted by Crippen LogP contribution is 2.14.